The fraction of sp³-hybridized carbons (Fsp3) is 0.273. The van der Waals surface area contributed by atoms with Crippen molar-refractivity contribution in [2.24, 2.45) is 5.73 Å². The van der Waals surface area contributed by atoms with Gasteiger partial charge in [0.2, 0.25) is 0 Å². The summed E-state index contributed by atoms with van der Waals surface area (Å²) < 4.78 is 1.80. The van der Waals surface area contributed by atoms with Crippen LogP contribution >= 0.6 is 50.7 Å². The van der Waals surface area contributed by atoms with Crippen molar-refractivity contribution in [1.82, 2.24) is 4.90 Å². The second-order valence-electron chi connectivity index (χ2n) is 3.41. The van der Waals surface area contributed by atoms with E-state index in [1.54, 1.807) is 4.90 Å². The first-order valence-corrected chi connectivity index (χ1v) is 7.26. The molecule has 0 heterocycles. The normalized spacial score (nSPS) is 10.1. The third-order valence-electron chi connectivity index (χ3n) is 2.17. The summed E-state index contributed by atoms with van der Waals surface area (Å²) in [7, 11) is 0. The van der Waals surface area contributed by atoms with E-state index in [4.69, 9.17) is 18.0 Å². The maximum atomic E-state index is 12.3. The van der Waals surface area contributed by atoms with Gasteiger partial charge in [0.1, 0.15) is 0 Å². The molecule has 0 bridgehead atoms. The lowest BCUT2D eigenvalue weighted by Crippen LogP contribution is -2.37. The summed E-state index contributed by atoms with van der Waals surface area (Å²) in [6, 6.07) is 5.61. The Balaban J connectivity index is 3.01. The Morgan fingerprint density at radius 2 is 2.24 bits per heavy atom. The van der Waals surface area contributed by atoms with E-state index in [1.165, 1.54) is 0 Å². The molecule has 0 saturated heterocycles. The van der Waals surface area contributed by atoms with Crippen LogP contribution < -0.4 is 5.73 Å². The van der Waals surface area contributed by atoms with Gasteiger partial charge in [-0.25, -0.2) is 0 Å². The van der Waals surface area contributed by atoms with E-state index in [0.717, 1.165) is 8.04 Å². The molecule has 1 amide bonds. The Kier molecular flexibility index (Phi) is 5.81. The quantitative estimate of drug-likeness (QED) is 0.594. The molecule has 0 aliphatic rings. The lowest BCUT2D eigenvalue weighted by molar-refractivity contribution is 0.0787. The van der Waals surface area contributed by atoms with Gasteiger partial charge in [-0.1, -0.05) is 28.1 Å². The van der Waals surface area contributed by atoms with Gasteiger partial charge in [0.15, 0.2) is 0 Å². The van der Waals surface area contributed by atoms with Gasteiger partial charge < -0.3 is 10.6 Å². The number of benzene rings is 1. The number of likely N-dealkylation sites (N-methyl/N-ethyl adjacent to an activating group) is 1. The highest BCUT2D eigenvalue weighted by Crippen LogP contribution is 2.20. The van der Waals surface area contributed by atoms with Crippen LogP contribution in [0.5, 0.6) is 0 Å². The van der Waals surface area contributed by atoms with Gasteiger partial charge in [-0.05, 0) is 47.7 Å². The lowest BCUT2D eigenvalue weighted by Gasteiger charge is -2.20. The van der Waals surface area contributed by atoms with Crippen molar-refractivity contribution in [3.05, 3.63) is 31.8 Å². The molecule has 6 heteroatoms. The Hall–Kier alpha value is -0.210. The van der Waals surface area contributed by atoms with Crippen molar-refractivity contribution in [3.63, 3.8) is 0 Å². The molecule has 2 N–H and O–H groups in total. The van der Waals surface area contributed by atoms with Crippen LogP contribution in [-0.2, 0) is 0 Å². The monoisotopic (exact) mass is 426 g/mol. The molecule has 0 saturated carbocycles. The van der Waals surface area contributed by atoms with Crippen molar-refractivity contribution in [2.45, 2.75) is 6.92 Å². The highest BCUT2D eigenvalue weighted by atomic mass is 127. The first-order chi connectivity index (χ1) is 7.95. The van der Waals surface area contributed by atoms with Crippen molar-refractivity contribution < 1.29 is 4.79 Å². The molecule has 0 aliphatic heterocycles. The van der Waals surface area contributed by atoms with Crippen LogP contribution in [0.3, 0.4) is 0 Å². The predicted molar refractivity (Wildman–Crippen MR) is 85.2 cm³/mol. The molecule has 0 fully saturated rings. The number of nitrogens with two attached hydrogens (primary N) is 1. The smallest absolute Gasteiger partial charge is 0.255 e. The van der Waals surface area contributed by atoms with E-state index in [9.17, 15) is 4.79 Å². The zero-order chi connectivity index (χ0) is 13.0. The SMILES string of the molecule is CCN(CC(N)=S)C(=O)c1cc(Br)ccc1I. The van der Waals surface area contributed by atoms with Gasteiger partial charge in [-0.3, -0.25) is 4.79 Å². The molecule has 0 unspecified atom stereocenters. The zero-order valence-electron chi connectivity index (χ0n) is 9.24. The summed E-state index contributed by atoms with van der Waals surface area (Å²) in [5.74, 6) is -0.0500. The van der Waals surface area contributed by atoms with E-state index in [1.807, 2.05) is 25.1 Å². The van der Waals surface area contributed by atoms with Crippen LogP contribution in [0.1, 0.15) is 17.3 Å². The molecule has 1 rings (SSSR count). The minimum absolute atomic E-state index is 0.0500. The molecule has 0 aliphatic carbocycles. The van der Waals surface area contributed by atoms with Crippen LogP contribution in [0.4, 0.5) is 0 Å². The average Bonchev–Trinajstić information content (AvgIpc) is 2.28. The average molecular weight is 427 g/mol. The molecule has 0 radical (unpaired) electrons. The largest absolute Gasteiger partial charge is 0.392 e. The Morgan fingerprint density at radius 1 is 1.59 bits per heavy atom. The van der Waals surface area contributed by atoms with E-state index in [-0.39, 0.29) is 5.91 Å². The lowest BCUT2D eigenvalue weighted by atomic mass is 10.2. The molecular weight excluding hydrogens is 415 g/mol. The first kappa shape index (κ1) is 14.8. The maximum Gasteiger partial charge on any atom is 0.255 e. The number of amides is 1. The highest BCUT2D eigenvalue weighted by molar-refractivity contribution is 14.1. The van der Waals surface area contributed by atoms with Crippen LogP contribution in [0.25, 0.3) is 0 Å². The second-order valence-corrected chi connectivity index (χ2v) is 6.01. The van der Waals surface area contributed by atoms with Gasteiger partial charge in [-0.15, -0.1) is 0 Å². The maximum absolute atomic E-state index is 12.3. The molecule has 3 nitrogen and oxygen atoms in total. The fourth-order valence-electron chi connectivity index (χ4n) is 1.35. The third kappa shape index (κ3) is 4.18. The standard InChI is InChI=1S/C11H12BrIN2OS/c1-2-15(6-10(14)17)11(16)8-5-7(12)3-4-9(8)13/h3-5H,2,6H2,1H3,(H2,14,17). The van der Waals surface area contributed by atoms with Gasteiger partial charge in [-0.2, -0.15) is 0 Å². The number of halogens is 2. The summed E-state index contributed by atoms with van der Waals surface area (Å²) in [5.41, 5.74) is 6.14. The van der Waals surface area contributed by atoms with Crippen LogP contribution in [0.15, 0.2) is 22.7 Å². The van der Waals surface area contributed by atoms with Gasteiger partial charge in [0, 0.05) is 14.6 Å². The Labute approximate surface area is 128 Å². The number of carbonyl (C=O) groups excluding carboxylic acids is 1. The number of hydrogen-bond donors (Lipinski definition) is 1. The van der Waals surface area contributed by atoms with Crippen molar-refractivity contribution in [1.29, 1.82) is 0 Å². The minimum Gasteiger partial charge on any atom is -0.392 e. The zero-order valence-corrected chi connectivity index (χ0v) is 13.8. The van der Waals surface area contributed by atoms with E-state index < -0.39 is 0 Å². The predicted octanol–water partition coefficient (Wildman–Crippen LogP) is 2.80. The van der Waals surface area contributed by atoms with Crippen molar-refractivity contribution >= 4 is 61.6 Å². The summed E-state index contributed by atoms with van der Waals surface area (Å²) >= 11 is 10.3. The molecule has 0 spiro atoms. The molecule has 0 atom stereocenters. The summed E-state index contributed by atoms with van der Waals surface area (Å²) in [4.78, 5) is 14.2. The van der Waals surface area contributed by atoms with Crippen LogP contribution in [0.2, 0.25) is 0 Å². The molecule has 0 aromatic heterocycles. The highest BCUT2D eigenvalue weighted by Gasteiger charge is 2.17. The van der Waals surface area contributed by atoms with Crippen LogP contribution in [-0.4, -0.2) is 28.9 Å². The summed E-state index contributed by atoms with van der Waals surface area (Å²) in [6.45, 7) is 2.80. The van der Waals surface area contributed by atoms with Crippen LogP contribution in [0, 0.1) is 3.57 Å². The first-order valence-electron chi connectivity index (χ1n) is 4.98. The Morgan fingerprint density at radius 3 is 2.76 bits per heavy atom. The van der Waals surface area contributed by atoms with Crippen molar-refractivity contribution in [3.8, 4) is 0 Å². The fourth-order valence-corrected chi connectivity index (χ4v) is 2.43. The van der Waals surface area contributed by atoms with Gasteiger partial charge >= 0.3 is 0 Å². The number of carbonyl (C=O) groups is 1. The van der Waals surface area contributed by atoms with E-state index in [2.05, 4.69) is 38.5 Å². The molecule has 92 valence electrons. The molecule has 17 heavy (non-hydrogen) atoms. The molecule has 1 aromatic rings. The minimum atomic E-state index is -0.0500. The number of nitrogens with zero attached hydrogens (tertiary/aromatic N) is 1. The van der Waals surface area contributed by atoms with E-state index >= 15 is 0 Å². The number of thiocarbonyl (C=S) groups is 1. The number of rotatable bonds is 4. The number of hydrogen-bond acceptors (Lipinski definition) is 2. The summed E-state index contributed by atoms with van der Waals surface area (Å²) in [6.07, 6.45) is 0. The van der Waals surface area contributed by atoms with E-state index in [0.29, 0.717) is 23.6 Å². The Bertz CT molecular complexity index is 453. The second kappa shape index (κ2) is 6.65. The van der Waals surface area contributed by atoms with Crippen molar-refractivity contribution in [2.75, 3.05) is 13.1 Å². The molecular formula is C11H12BrIN2OS. The summed E-state index contributed by atoms with van der Waals surface area (Å²) in [5, 5.41) is 0. The van der Waals surface area contributed by atoms with Gasteiger partial charge in [0.05, 0.1) is 17.1 Å². The van der Waals surface area contributed by atoms with Gasteiger partial charge in [0.25, 0.3) is 5.91 Å². The topological polar surface area (TPSA) is 46.3 Å². The molecule has 1 aromatic carbocycles. The third-order valence-corrected chi connectivity index (χ3v) is 3.74.